The fourth-order valence-electron chi connectivity index (χ4n) is 3.43. The van der Waals surface area contributed by atoms with E-state index in [-0.39, 0.29) is 24.4 Å². The van der Waals surface area contributed by atoms with Crippen molar-refractivity contribution in [2.45, 2.75) is 25.3 Å². The standard InChI is InChI=1S/C18H22N6O.ClH/c1-22-9-4-6-15(22)17-21-20-16-8-7-13(11-24(16)17)18(25)23-10-3-2-5-14(19)12-23;/h4,6-9,11,14H,2-3,5,10,12,19H2,1H3;1H. The number of rotatable bonds is 2. The largest absolute Gasteiger partial charge is 0.348 e. The van der Waals surface area contributed by atoms with E-state index in [1.807, 2.05) is 57.6 Å². The highest BCUT2D eigenvalue weighted by Crippen LogP contribution is 2.20. The number of likely N-dealkylation sites (tertiary alicyclic amines) is 1. The summed E-state index contributed by atoms with van der Waals surface area (Å²) in [6.07, 6.45) is 6.85. The molecule has 0 aromatic carbocycles. The number of amides is 1. The van der Waals surface area contributed by atoms with Crippen LogP contribution in [0.5, 0.6) is 0 Å². The molecule has 2 N–H and O–H groups in total. The molecule has 26 heavy (non-hydrogen) atoms. The third-order valence-corrected chi connectivity index (χ3v) is 4.82. The predicted molar refractivity (Wildman–Crippen MR) is 102 cm³/mol. The monoisotopic (exact) mass is 374 g/mol. The lowest BCUT2D eigenvalue weighted by Gasteiger charge is -2.22. The van der Waals surface area contributed by atoms with Crippen LogP contribution in [0.25, 0.3) is 17.2 Å². The molecule has 1 amide bonds. The number of pyridine rings is 1. The van der Waals surface area contributed by atoms with Gasteiger partial charge in [-0.05, 0) is 37.1 Å². The average Bonchev–Trinajstić information content (AvgIpc) is 3.15. The quantitative estimate of drug-likeness (QED) is 0.744. The van der Waals surface area contributed by atoms with Crippen LogP contribution in [0.3, 0.4) is 0 Å². The molecule has 1 unspecified atom stereocenters. The minimum absolute atomic E-state index is 0. The van der Waals surface area contributed by atoms with Crippen LogP contribution in [-0.2, 0) is 7.05 Å². The molecule has 1 aliphatic rings. The van der Waals surface area contributed by atoms with Gasteiger partial charge in [0.2, 0.25) is 0 Å². The Morgan fingerprint density at radius 3 is 2.85 bits per heavy atom. The summed E-state index contributed by atoms with van der Waals surface area (Å²) in [5.74, 6) is 0.746. The smallest absolute Gasteiger partial charge is 0.255 e. The van der Waals surface area contributed by atoms with Crippen molar-refractivity contribution in [1.82, 2.24) is 24.1 Å². The minimum Gasteiger partial charge on any atom is -0.348 e. The van der Waals surface area contributed by atoms with Crippen LogP contribution >= 0.6 is 12.4 Å². The molecule has 1 fully saturated rings. The zero-order valence-electron chi connectivity index (χ0n) is 14.7. The van der Waals surface area contributed by atoms with E-state index in [4.69, 9.17) is 5.73 Å². The number of nitrogens with two attached hydrogens (primary N) is 1. The molecule has 4 rings (SSSR count). The molecule has 1 saturated heterocycles. The van der Waals surface area contributed by atoms with Crippen LogP contribution in [-0.4, -0.2) is 49.1 Å². The van der Waals surface area contributed by atoms with Gasteiger partial charge < -0.3 is 15.2 Å². The number of carbonyl (C=O) groups is 1. The molecule has 3 aromatic rings. The fourth-order valence-corrected chi connectivity index (χ4v) is 3.43. The number of hydrogen-bond acceptors (Lipinski definition) is 4. The molecule has 4 heterocycles. The molecule has 1 aliphatic heterocycles. The van der Waals surface area contributed by atoms with Gasteiger partial charge in [-0.2, -0.15) is 0 Å². The second-order valence-electron chi connectivity index (χ2n) is 6.68. The van der Waals surface area contributed by atoms with Crippen molar-refractivity contribution in [3.8, 4) is 11.5 Å². The highest BCUT2D eigenvalue weighted by Gasteiger charge is 2.22. The van der Waals surface area contributed by atoms with Gasteiger partial charge in [-0.3, -0.25) is 9.20 Å². The third-order valence-electron chi connectivity index (χ3n) is 4.82. The first-order chi connectivity index (χ1) is 12.1. The summed E-state index contributed by atoms with van der Waals surface area (Å²) in [4.78, 5) is 14.8. The van der Waals surface area contributed by atoms with Crippen molar-refractivity contribution in [3.05, 3.63) is 42.2 Å². The average molecular weight is 375 g/mol. The van der Waals surface area contributed by atoms with Gasteiger partial charge in [-0.25, -0.2) is 0 Å². The van der Waals surface area contributed by atoms with Crippen LogP contribution < -0.4 is 5.73 Å². The lowest BCUT2D eigenvalue weighted by molar-refractivity contribution is 0.0754. The lowest BCUT2D eigenvalue weighted by Crippen LogP contribution is -2.39. The Kier molecular flexibility index (Phi) is 5.29. The van der Waals surface area contributed by atoms with Crippen molar-refractivity contribution < 1.29 is 4.79 Å². The second-order valence-corrected chi connectivity index (χ2v) is 6.68. The normalized spacial score (nSPS) is 17.8. The molecular weight excluding hydrogens is 352 g/mol. The van der Waals surface area contributed by atoms with Crippen LogP contribution in [0.2, 0.25) is 0 Å². The van der Waals surface area contributed by atoms with Gasteiger partial charge >= 0.3 is 0 Å². The first-order valence-electron chi connectivity index (χ1n) is 8.65. The van der Waals surface area contributed by atoms with Gasteiger partial charge in [-0.15, -0.1) is 22.6 Å². The molecule has 138 valence electrons. The van der Waals surface area contributed by atoms with E-state index in [0.717, 1.165) is 43.0 Å². The number of aryl methyl sites for hydroxylation is 1. The molecule has 0 spiro atoms. The molecule has 0 aliphatic carbocycles. The van der Waals surface area contributed by atoms with Gasteiger partial charge in [0.25, 0.3) is 5.91 Å². The first-order valence-corrected chi connectivity index (χ1v) is 8.65. The summed E-state index contributed by atoms with van der Waals surface area (Å²) in [6.45, 7) is 1.38. The molecule has 8 heteroatoms. The third kappa shape index (κ3) is 3.32. The number of fused-ring (bicyclic) bond motifs is 1. The van der Waals surface area contributed by atoms with E-state index in [0.29, 0.717) is 12.1 Å². The van der Waals surface area contributed by atoms with Gasteiger partial charge in [0.15, 0.2) is 11.5 Å². The highest BCUT2D eigenvalue weighted by atomic mass is 35.5. The zero-order valence-corrected chi connectivity index (χ0v) is 15.5. The molecule has 3 aromatic heterocycles. The Morgan fingerprint density at radius 2 is 2.08 bits per heavy atom. The van der Waals surface area contributed by atoms with Gasteiger partial charge in [0.1, 0.15) is 0 Å². The van der Waals surface area contributed by atoms with Gasteiger partial charge in [0.05, 0.1) is 11.3 Å². The number of halogens is 1. The summed E-state index contributed by atoms with van der Waals surface area (Å²) < 4.78 is 3.86. The summed E-state index contributed by atoms with van der Waals surface area (Å²) in [7, 11) is 1.96. The molecule has 0 radical (unpaired) electrons. The molecule has 7 nitrogen and oxygen atoms in total. The van der Waals surface area contributed by atoms with Crippen LogP contribution in [0.15, 0.2) is 36.7 Å². The van der Waals surface area contributed by atoms with E-state index >= 15 is 0 Å². The van der Waals surface area contributed by atoms with Crippen molar-refractivity contribution in [2.24, 2.45) is 12.8 Å². The maximum absolute atomic E-state index is 12.9. The fraction of sp³-hybridized carbons (Fsp3) is 0.389. The van der Waals surface area contributed by atoms with Crippen molar-refractivity contribution in [2.75, 3.05) is 13.1 Å². The van der Waals surface area contributed by atoms with Crippen LogP contribution in [0.1, 0.15) is 29.6 Å². The summed E-state index contributed by atoms with van der Waals surface area (Å²) >= 11 is 0. The van der Waals surface area contributed by atoms with Crippen molar-refractivity contribution in [1.29, 1.82) is 0 Å². The van der Waals surface area contributed by atoms with E-state index in [1.54, 1.807) is 0 Å². The Morgan fingerprint density at radius 1 is 1.23 bits per heavy atom. The first kappa shape index (κ1) is 18.4. The Hall–Kier alpha value is -2.38. The topological polar surface area (TPSA) is 81.5 Å². The lowest BCUT2D eigenvalue weighted by atomic mass is 10.1. The molecule has 0 bridgehead atoms. The number of carbonyl (C=O) groups excluding carboxylic acids is 1. The van der Waals surface area contributed by atoms with E-state index in [2.05, 4.69) is 10.2 Å². The molecule has 1 atom stereocenters. The number of nitrogens with zero attached hydrogens (tertiary/aromatic N) is 5. The summed E-state index contributed by atoms with van der Waals surface area (Å²) in [5.41, 5.74) is 8.41. The van der Waals surface area contributed by atoms with Crippen molar-refractivity contribution in [3.63, 3.8) is 0 Å². The predicted octanol–water partition coefficient (Wildman–Crippen LogP) is 2.11. The Bertz CT molecular complexity index is 917. The number of hydrogen-bond donors (Lipinski definition) is 1. The maximum Gasteiger partial charge on any atom is 0.255 e. The second kappa shape index (κ2) is 7.47. The van der Waals surface area contributed by atoms with Gasteiger partial charge in [0, 0.05) is 38.6 Å². The van der Waals surface area contributed by atoms with Crippen LogP contribution in [0, 0.1) is 0 Å². The SMILES string of the molecule is Cl.Cn1cccc1-c1nnc2ccc(C(=O)N3CCCCC(N)C3)cn12. The zero-order chi connectivity index (χ0) is 17.4. The highest BCUT2D eigenvalue weighted by molar-refractivity contribution is 5.94. The van der Waals surface area contributed by atoms with E-state index in [1.165, 1.54) is 0 Å². The molecular formula is C18H23ClN6O. The van der Waals surface area contributed by atoms with Crippen LogP contribution in [0.4, 0.5) is 0 Å². The van der Waals surface area contributed by atoms with Crippen molar-refractivity contribution >= 4 is 24.0 Å². The molecule has 0 saturated carbocycles. The Labute approximate surface area is 158 Å². The minimum atomic E-state index is 0. The van der Waals surface area contributed by atoms with E-state index in [9.17, 15) is 4.79 Å². The Balaban J connectivity index is 0.00000196. The van der Waals surface area contributed by atoms with Gasteiger partial charge in [-0.1, -0.05) is 6.42 Å². The summed E-state index contributed by atoms with van der Waals surface area (Å²) in [6, 6.07) is 7.66. The summed E-state index contributed by atoms with van der Waals surface area (Å²) in [5, 5.41) is 8.50. The van der Waals surface area contributed by atoms with E-state index < -0.39 is 0 Å². The number of aromatic nitrogens is 4. The maximum atomic E-state index is 12.9.